The summed E-state index contributed by atoms with van der Waals surface area (Å²) >= 11 is 0. The zero-order valence-corrected chi connectivity index (χ0v) is 19.0. The van der Waals surface area contributed by atoms with E-state index in [0.29, 0.717) is 0 Å². The molecule has 0 radical (unpaired) electrons. The molecule has 0 aliphatic heterocycles. The van der Waals surface area contributed by atoms with Crippen LogP contribution in [0.15, 0.2) is 0 Å². The summed E-state index contributed by atoms with van der Waals surface area (Å²) in [6.07, 6.45) is -1.18. The predicted octanol–water partition coefficient (Wildman–Crippen LogP) is 3.73. The van der Waals surface area contributed by atoms with Crippen LogP contribution in [0.4, 0.5) is 22.0 Å². The Morgan fingerprint density at radius 1 is 0.688 bits per heavy atom. The van der Waals surface area contributed by atoms with Crippen molar-refractivity contribution in [1.29, 1.82) is 0 Å². The van der Waals surface area contributed by atoms with Crippen molar-refractivity contribution in [2.75, 3.05) is 0 Å². The van der Waals surface area contributed by atoms with E-state index in [1.165, 1.54) is 27.7 Å². The van der Waals surface area contributed by atoms with Crippen molar-refractivity contribution in [2.45, 2.75) is 65.8 Å². The molecule has 0 spiro atoms. The van der Waals surface area contributed by atoms with E-state index in [9.17, 15) is 36.1 Å². The summed E-state index contributed by atoms with van der Waals surface area (Å²) in [6, 6.07) is -2.91. The van der Waals surface area contributed by atoms with Crippen molar-refractivity contribution < 1.29 is 50.1 Å². The average Bonchev–Trinajstić information content (AvgIpc) is 2.67. The quantitative estimate of drug-likeness (QED) is 0.168. The second-order valence-corrected chi connectivity index (χ2v) is 9.02. The van der Waals surface area contributed by atoms with Gasteiger partial charge in [0.05, 0.1) is 12.2 Å². The lowest BCUT2D eigenvalue weighted by molar-refractivity contribution is -0.149. The number of benzene rings is 1. The molecule has 32 heavy (non-hydrogen) atoms. The third kappa shape index (κ3) is 7.14. The Kier molecular flexibility index (Phi) is 9.61. The first-order valence-electron chi connectivity index (χ1n) is 9.37. The van der Waals surface area contributed by atoms with Crippen molar-refractivity contribution in [3.63, 3.8) is 0 Å². The van der Waals surface area contributed by atoms with Crippen LogP contribution in [-0.4, -0.2) is 36.2 Å². The predicted molar refractivity (Wildman–Crippen MR) is 102 cm³/mol. The molecule has 0 aromatic heterocycles. The Hall–Kier alpha value is -2.24. The zero-order chi connectivity index (χ0) is 25.0. The summed E-state index contributed by atoms with van der Waals surface area (Å²) in [6.45, 7) is 8.32. The van der Waals surface area contributed by atoms with Gasteiger partial charge < -0.3 is 14.0 Å². The highest BCUT2D eigenvalue weighted by molar-refractivity contribution is 7.55. The number of hydrogen-bond acceptors (Lipinski definition) is 6. The monoisotopic (exact) mass is 490 g/mol. The van der Waals surface area contributed by atoms with Gasteiger partial charge in [0.25, 0.3) is 0 Å². The minimum absolute atomic E-state index is 0.588. The number of halogens is 5. The normalized spacial score (nSPS) is 15.3. The highest BCUT2D eigenvalue weighted by atomic mass is 31.2. The van der Waals surface area contributed by atoms with Crippen molar-refractivity contribution in [1.82, 2.24) is 10.2 Å². The molecule has 0 aliphatic rings. The van der Waals surface area contributed by atoms with E-state index in [1.807, 2.05) is 0 Å². The van der Waals surface area contributed by atoms with Crippen LogP contribution in [0.2, 0.25) is 0 Å². The van der Waals surface area contributed by atoms with Gasteiger partial charge in [-0.25, -0.2) is 27.9 Å². The summed E-state index contributed by atoms with van der Waals surface area (Å²) in [5.41, 5.74) is 0. The molecular weight excluding hydrogens is 466 g/mol. The van der Waals surface area contributed by atoms with Crippen LogP contribution >= 0.6 is 7.67 Å². The molecule has 8 nitrogen and oxygen atoms in total. The van der Waals surface area contributed by atoms with Crippen molar-refractivity contribution in [3.05, 3.63) is 29.1 Å². The summed E-state index contributed by atoms with van der Waals surface area (Å²) < 4.78 is 96.2. The molecule has 14 heteroatoms. The maximum atomic E-state index is 14.1. The Bertz CT molecular complexity index is 851. The summed E-state index contributed by atoms with van der Waals surface area (Å²) in [5.74, 6) is -15.8. The number of carbonyl (C=O) groups excluding carboxylic acids is 2. The third-order valence-corrected chi connectivity index (χ3v) is 5.42. The lowest BCUT2D eigenvalue weighted by atomic mass is 10.3. The molecule has 2 N–H and O–H groups in total. The molecule has 0 fully saturated rings. The van der Waals surface area contributed by atoms with Gasteiger partial charge in [-0.1, -0.05) is 0 Å². The van der Waals surface area contributed by atoms with E-state index >= 15 is 0 Å². The Morgan fingerprint density at radius 2 is 1.00 bits per heavy atom. The molecule has 0 bridgehead atoms. The number of nitrogens with one attached hydrogen (secondary N) is 2. The second-order valence-electron chi connectivity index (χ2n) is 7.21. The largest absolute Gasteiger partial charge is 0.462 e. The van der Waals surface area contributed by atoms with Crippen molar-refractivity contribution >= 4 is 19.6 Å². The van der Waals surface area contributed by atoms with Gasteiger partial charge in [0.1, 0.15) is 12.1 Å². The fourth-order valence-electron chi connectivity index (χ4n) is 2.17. The SMILES string of the molecule is CC(C)OC(=O)[C@H](C)NP(=O)(N[C@H](C)C(=O)OC(C)C)Oc1c(F)c(F)c(F)c(F)c1F. The van der Waals surface area contributed by atoms with E-state index in [1.54, 1.807) is 0 Å². The van der Waals surface area contributed by atoms with Crippen LogP contribution in [0.5, 0.6) is 5.75 Å². The highest BCUT2D eigenvalue weighted by Gasteiger charge is 2.38. The van der Waals surface area contributed by atoms with E-state index < -0.39 is 78.7 Å². The van der Waals surface area contributed by atoms with Gasteiger partial charge in [-0.3, -0.25) is 9.59 Å². The van der Waals surface area contributed by atoms with Gasteiger partial charge in [-0.05, 0) is 41.5 Å². The number of carbonyl (C=O) groups is 2. The van der Waals surface area contributed by atoms with Crippen LogP contribution < -0.4 is 14.7 Å². The molecule has 182 valence electrons. The fourth-order valence-corrected chi connectivity index (χ4v) is 4.00. The van der Waals surface area contributed by atoms with Crippen LogP contribution in [-0.2, 0) is 23.6 Å². The maximum Gasteiger partial charge on any atom is 0.392 e. The second kappa shape index (κ2) is 11.1. The number of hydrogen-bond donors (Lipinski definition) is 2. The summed E-state index contributed by atoms with van der Waals surface area (Å²) in [4.78, 5) is 24.1. The highest BCUT2D eigenvalue weighted by Crippen LogP contribution is 2.43. The van der Waals surface area contributed by atoms with Crippen molar-refractivity contribution in [3.8, 4) is 5.75 Å². The molecule has 0 amide bonds. The van der Waals surface area contributed by atoms with Crippen LogP contribution in [0.25, 0.3) is 0 Å². The molecule has 0 saturated carbocycles. The molecule has 3 atom stereocenters. The van der Waals surface area contributed by atoms with Gasteiger partial charge in [0.2, 0.25) is 34.8 Å². The Balaban J connectivity index is 3.36. The molecule has 1 unspecified atom stereocenters. The van der Waals surface area contributed by atoms with E-state index in [4.69, 9.17) is 9.47 Å². The molecule has 1 aromatic rings. The van der Waals surface area contributed by atoms with E-state index in [2.05, 4.69) is 14.7 Å². The summed E-state index contributed by atoms with van der Waals surface area (Å²) in [7, 11) is -4.89. The Morgan fingerprint density at radius 3 is 1.31 bits per heavy atom. The molecule has 0 aliphatic carbocycles. The van der Waals surface area contributed by atoms with Crippen molar-refractivity contribution in [2.24, 2.45) is 0 Å². The van der Waals surface area contributed by atoms with Gasteiger partial charge in [0, 0.05) is 0 Å². The van der Waals surface area contributed by atoms with Gasteiger partial charge in [0.15, 0.2) is 0 Å². The molecular formula is C18H24F5N2O6P. The number of esters is 2. The molecule has 0 heterocycles. The van der Waals surface area contributed by atoms with Crippen LogP contribution in [0.3, 0.4) is 0 Å². The fraction of sp³-hybridized carbons (Fsp3) is 0.556. The maximum absolute atomic E-state index is 14.1. The first kappa shape index (κ1) is 27.8. The first-order chi connectivity index (χ1) is 14.6. The lowest BCUT2D eigenvalue weighted by Gasteiger charge is -2.27. The smallest absolute Gasteiger partial charge is 0.392 e. The topological polar surface area (TPSA) is 103 Å². The molecule has 0 saturated heterocycles. The lowest BCUT2D eigenvalue weighted by Crippen LogP contribution is -2.44. The standard InChI is InChI=1S/C18H24F5N2O6P/c1-7(2)29-17(26)9(5)24-32(28,25-10(6)18(27)30-8(3)4)31-16-14(22)12(20)11(19)13(21)15(16)23/h7-10H,1-6H3,(H2,24,25,28)/t9-,10+,32?. The molecule has 1 aromatic carbocycles. The minimum atomic E-state index is -4.89. The van der Waals surface area contributed by atoms with Crippen LogP contribution in [0.1, 0.15) is 41.5 Å². The average molecular weight is 490 g/mol. The van der Waals surface area contributed by atoms with E-state index in [0.717, 1.165) is 13.8 Å². The summed E-state index contributed by atoms with van der Waals surface area (Å²) in [5, 5.41) is 4.12. The third-order valence-electron chi connectivity index (χ3n) is 3.53. The van der Waals surface area contributed by atoms with Gasteiger partial charge in [-0.15, -0.1) is 0 Å². The van der Waals surface area contributed by atoms with Gasteiger partial charge in [-0.2, -0.15) is 8.78 Å². The van der Waals surface area contributed by atoms with Crippen LogP contribution in [0, 0.1) is 29.1 Å². The van der Waals surface area contributed by atoms with Gasteiger partial charge >= 0.3 is 19.6 Å². The number of ether oxygens (including phenoxy) is 2. The zero-order valence-electron chi connectivity index (χ0n) is 18.1. The Labute approximate surface area is 181 Å². The number of rotatable bonds is 10. The molecule has 1 rings (SSSR count). The minimum Gasteiger partial charge on any atom is -0.462 e. The van der Waals surface area contributed by atoms with E-state index in [-0.39, 0.29) is 0 Å². The first-order valence-corrected chi connectivity index (χ1v) is 11.0.